The Morgan fingerprint density at radius 2 is 1.80 bits per heavy atom. The van der Waals surface area contributed by atoms with E-state index in [1.165, 1.54) is 14.2 Å². The number of halogens is 1. The summed E-state index contributed by atoms with van der Waals surface area (Å²) in [5, 5.41) is 6.96. The van der Waals surface area contributed by atoms with E-state index in [4.69, 9.17) is 19.7 Å². The standard InChI is InChI=1S/C21H22N4O4.ClH/c1-27-16-11-14(19-24-20(25-29-19)21(22)9-6-10-21)15(12-17(16)28-2)23-18(26)13-7-4-3-5-8-13;/h3-5,7-8,11-12H,6,9-10,22H2,1-2H3,(H,23,26);1H. The number of hydrogen-bond acceptors (Lipinski definition) is 7. The molecule has 1 aliphatic carbocycles. The second-order valence-electron chi connectivity index (χ2n) is 7.01. The van der Waals surface area contributed by atoms with E-state index in [0.717, 1.165) is 19.3 Å². The maximum Gasteiger partial charge on any atom is 0.260 e. The van der Waals surface area contributed by atoms with Crippen molar-refractivity contribution in [2.24, 2.45) is 5.73 Å². The Kier molecular flexibility index (Phi) is 6.28. The minimum absolute atomic E-state index is 0. The lowest BCUT2D eigenvalue weighted by atomic mass is 9.77. The first-order valence-corrected chi connectivity index (χ1v) is 9.30. The summed E-state index contributed by atoms with van der Waals surface area (Å²) >= 11 is 0. The topological polar surface area (TPSA) is 112 Å². The summed E-state index contributed by atoms with van der Waals surface area (Å²) < 4.78 is 16.3. The monoisotopic (exact) mass is 430 g/mol. The van der Waals surface area contributed by atoms with Gasteiger partial charge >= 0.3 is 0 Å². The fourth-order valence-corrected chi connectivity index (χ4v) is 3.26. The maximum atomic E-state index is 12.7. The minimum atomic E-state index is -0.550. The summed E-state index contributed by atoms with van der Waals surface area (Å²) in [6.45, 7) is 0. The van der Waals surface area contributed by atoms with E-state index >= 15 is 0 Å². The lowest BCUT2D eigenvalue weighted by molar-refractivity contribution is 0.102. The van der Waals surface area contributed by atoms with Crippen LogP contribution in [0.15, 0.2) is 47.0 Å². The molecule has 0 radical (unpaired) electrons. The van der Waals surface area contributed by atoms with Gasteiger partial charge in [-0.25, -0.2) is 0 Å². The zero-order valence-electron chi connectivity index (χ0n) is 16.7. The van der Waals surface area contributed by atoms with E-state index < -0.39 is 5.54 Å². The molecule has 1 fully saturated rings. The SMILES string of the molecule is COc1cc(NC(=O)c2ccccc2)c(-c2nc(C3(N)CCC3)no2)cc1OC.Cl. The number of rotatable bonds is 6. The van der Waals surface area contributed by atoms with Crippen LogP contribution in [0.1, 0.15) is 35.4 Å². The average Bonchev–Trinajstić information content (AvgIpc) is 3.22. The number of aromatic nitrogens is 2. The number of anilines is 1. The first kappa shape index (κ1) is 21.6. The van der Waals surface area contributed by atoms with Gasteiger partial charge in [-0.3, -0.25) is 4.79 Å². The Bertz CT molecular complexity index is 1030. The summed E-state index contributed by atoms with van der Waals surface area (Å²) in [6, 6.07) is 12.3. The molecule has 8 nitrogen and oxygen atoms in total. The third kappa shape index (κ3) is 3.96. The van der Waals surface area contributed by atoms with E-state index in [-0.39, 0.29) is 24.2 Å². The van der Waals surface area contributed by atoms with Crippen molar-refractivity contribution >= 4 is 24.0 Å². The second kappa shape index (κ2) is 8.73. The average molecular weight is 431 g/mol. The van der Waals surface area contributed by atoms with Crippen LogP contribution in [0.3, 0.4) is 0 Å². The Morgan fingerprint density at radius 3 is 2.40 bits per heavy atom. The number of nitrogens with one attached hydrogen (secondary N) is 1. The molecule has 0 spiro atoms. The van der Waals surface area contributed by atoms with Crippen molar-refractivity contribution in [1.82, 2.24) is 10.1 Å². The highest BCUT2D eigenvalue weighted by molar-refractivity contribution is 6.06. The zero-order valence-corrected chi connectivity index (χ0v) is 17.5. The van der Waals surface area contributed by atoms with Crippen LogP contribution in [-0.2, 0) is 5.54 Å². The Labute approximate surface area is 180 Å². The third-order valence-corrected chi connectivity index (χ3v) is 5.16. The largest absolute Gasteiger partial charge is 0.493 e. The molecule has 0 bridgehead atoms. The van der Waals surface area contributed by atoms with Gasteiger partial charge in [0.05, 0.1) is 31.0 Å². The summed E-state index contributed by atoms with van der Waals surface area (Å²) in [6.07, 6.45) is 2.67. The van der Waals surface area contributed by atoms with E-state index in [2.05, 4.69) is 15.5 Å². The first-order valence-electron chi connectivity index (χ1n) is 9.30. The molecule has 9 heteroatoms. The van der Waals surface area contributed by atoms with Crippen molar-refractivity contribution < 1.29 is 18.8 Å². The number of nitrogens with two attached hydrogens (primary N) is 1. The Hall–Kier alpha value is -3.10. The summed E-state index contributed by atoms with van der Waals surface area (Å²) in [4.78, 5) is 17.2. The van der Waals surface area contributed by atoms with Crippen molar-refractivity contribution in [1.29, 1.82) is 0 Å². The van der Waals surface area contributed by atoms with Gasteiger partial charge in [0, 0.05) is 11.6 Å². The van der Waals surface area contributed by atoms with Gasteiger partial charge in [-0.2, -0.15) is 4.98 Å². The molecule has 0 unspecified atom stereocenters. The molecule has 2 aromatic carbocycles. The van der Waals surface area contributed by atoms with Gasteiger partial charge in [0.15, 0.2) is 17.3 Å². The van der Waals surface area contributed by atoms with Crippen molar-refractivity contribution in [2.75, 3.05) is 19.5 Å². The Balaban J connectivity index is 0.00000256. The number of methoxy groups -OCH3 is 2. The van der Waals surface area contributed by atoms with Gasteiger partial charge in [-0.05, 0) is 37.5 Å². The molecular weight excluding hydrogens is 408 g/mol. The number of hydrogen-bond donors (Lipinski definition) is 2. The maximum absolute atomic E-state index is 12.7. The molecule has 1 amide bonds. The lowest BCUT2D eigenvalue weighted by Crippen LogP contribution is -2.44. The Morgan fingerprint density at radius 1 is 1.13 bits per heavy atom. The fraction of sp³-hybridized carbons (Fsp3) is 0.286. The van der Waals surface area contributed by atoms with Crippen molar-refractivity contribution in [3.8, 4) is 23.0 Å². The van der Waals surface area contributed by atoms with Crippen molar-refractivity contribution in [3.05, 3.63) is 53.9 Å². The summed E-state index contributed by atoms with van der Waals surface area (Å²) in [5.74, 6) is 1.39. The van der Waals surface area contributed by atoms with Crippen LogP contribution in [0.5, 0.6) is 11.5 Å². The van der Waals surface area contributed by atoms with Gasteiger partial charge in [-0.1, -0.05) is 23.4 Å². The molecule has 1 saturated carbocycles. The number of benzene rings is 2. The predicted octanol–water partition coefficient (Wildman–Crippen LogP) is 3.77. The van der Waals surface area contributed by atoms with Crippen LogP contribution >= 0.6 is 12.4 Å². The fourth-order valence-electron chi connectivity index (χ4n) is 3.26. The van der Waals surface area contributed by atoms with E-state index in [9.17, 15) is 4.79 Å². The zero-order chi connectivity index (χ0) is 20.4. The van der Waals surface area contributed by atoms with Crippen LogP contribution in [0.4, 0.5) is 5.69 Å². The molecule has 4 rings (SSSR count). The van der Waals surface area contributed by atoms with Crippen molar-refractivity contribution in [3.63, 3.8) is 0 Å². The van der Waals surface area contributed by atoms with E-state index in [0.29, 0.717) is 34.1 Å². The molecule has 0 saturated heterocycles. The molecule has 0 atom stereocenters. The molecule has 3 N–H and O–H groups in total. The smallest absolute Gasteiger partial charge is 0.260 e. The highest BCUT2D eigenvalue weighted by Crippen LogP contribution is 2.41. The summed E-state index contributed by atoms with van der Waals surface area (Å²) in [7, 11) is 3.06. The van der Waals surface area contributed by atoms with E-state index in [1.807, 2.05) is 6.07 Å². The number of carbonyl (C=O) groups excluding carboxylic acids is 1. The molecule has 30 heavy (non-hydrogen) atoms. The third-order valence-electron chi connectivity index (χ3n) is 5.16. The quantitative estimate of drug-likeness (QED) is 0.612. The molecule has 0 aliphatic heterocycles. The van der Waals surface area contributed by atoms with Crippen LogP contribution in [0.2, 0.25) is 0 Å². The molecule has 158 valence electrons. The van der Waals surface area contributed by atoms with Gasteiger partial charge in [-0.15, -0.1) is 12.4 Å². The van der Waals surface area contributed by atoms with Crippen LogP contribution in [0, 0.1) is 0 Å². The lowest BCUT2D eigenvalue weighted by Gasteiger charge is -2.34. The van der Waals surface area contributed by atoms with Gasteiger partial charge in [0.1, 0.15) is 0 Å². The number of carbonyl (C=O) groups is 1. The number of nitrogens with zero attached hydrogens (tertiary/aromatic N) is 2. The minimum Gasteiger partial charge on any atom is -0.493 e. The van der Waals surface area contributed by atoms with E-state index in [1.54, 1.807) is 36.4 Å². The van der Waals surface area contributed by atoms with Crippen LogP contribution < -0.4 is 20.5 Å². The molecule has 3 aromatic rings. The highest BCUT2D eigenvalue weighted by Gasteiger charge is 2.39. The van der Waals surface area contributed by atoms with Crippen LogP contribution in [-0.4, -0.2) is 30.3 Å². The number of ether oxygens (including phenoxy) is 2. The molecule has 1 aliphatic rings. The second-order valence-corrected chi connectivity index (χ2v) is 7.01. The van der Waals surface area contributed by atoms with Gasteiger partial charge in [0.25, 0.3) is 11.8 Å². The molecular formula is C21H23ClN4O4. The first-order chi connectivity index (χ1) is 14.0. The highest BCUT2D eigenvalue weighted by atomic mass is 35.5. The summed E-state index contributed by atoms with van der Waals surface area (Å²) in [5.41, 5.74) is 7.27. The van der Waals surface area contributed by atoms with Crippen LogP contribution in [0.25, 0.3) is 11.5 Å². The molecule has 1 heterocycles. The normalized spacial score (nSPS) is 14.2. The molecule has 1 aromatic heterocycles. The van der Waals surface area contributed by atoms with Gasteiger partial charge < -0.3 is 25.0 Å². The predicted molar refractivity (Wildman–Crippen MR) is 114 cm³/mol. The van der Waals surface area contributed by atoms with Gasteiger partial charge in [0.2, 0.25) is 0 Å². The number of amides is 1. The van der Waals surface area contributed by atoms with Crippen molar-refractivity contribution in [2.45, 2.75) is 24.8 Å².